The highest BCUT2D eigenvalue weighted by molar-refractivity contribution is 6.05. The summed E-state index contributed by atoms with van der Waals surface area (Å²) in [4.78, 5) is 23.2. The van der Waals surface area contributed by atoms with Crippen molar-refractivity contribution in [3.63, 3.8) is 0 Å². The van der Waals surface area contributed by atoms with Crippen LogP contribution < -0.4 is 0 Å². The number of hydrogen-bond donors (Lipinski definition) is 0. The van der Waals surface area contributed by atoms with Crippen molar-refractivity contribution in [2.24, 2.45) is 7.05 Å². The molecule has 1 aromatic heterocycles. The van der Waals surface area contributed by atoms with Gasteiger partial charge in [-0.3, -0.25) is 10.1 Å². The van der Waals surface area contributed by atoms with E-state index >= 15 is 0 Å². The maximum absolute atomic E-state index is 12.6. The number of rotatable bonds is 4. The van der Waals surface area contributed by atoms with E-state index < -0.39 is 10.9 Å². The van der Waals surface area contributed by atoms with E-state index in [0.717, 1.165) is 16.6 Å². The minimum atomic E-state index is -0.435. The quantitative estimate of drug-likeness (QED) is 0.408. The molecule has 0 aliphatic heterocycles. The molecular formula is C19H18N2O4. The van der Waals surface area contributed by atoms with Crippen LogP contribution in [0.15, 0.2) is 42.5 Å². The van der Waals surface area contributed by atoms with E-state index in [2.05, 4.69) is 0 Å². The Morgan fingerprint density at radius 3 is 2.64 bits per heavy atom. The summed E-state index contributed by atoms with van der Waals surface area (Å²) in [5.41, 5.74) is 3.49. The van der Waals surface area contributed by atoms with Crippen LogP contribution in [-0.2, 0) is 18.4 Å². The number of fused-ring (bicyclic) bond motifs is 1. The van der Waals surface area contributed by atoms with Crippen molar-refractivity contribution >= 4 is 22.6 Å². The fourth-order valence-corrected chi connectivity index (χ4v) is 2.94. The lowest BCUT2D eigenvalue weighted by atomic mass is 10.1. The van der Waals surface area contributed by atoms with E-state index in [1.54, 1.807) is 19.1 Å². The normalized spacial score (nSPS) is 10.8. The first-order chi connectivity index (χ1) is 11.9. The Kier molecular flexibility index (Phi) is 4.27. The minimum absolute atomic E-state index is 0.0113. The van der Waals surface area contributed by atoms with Gasteiger partial charge < -0.3 is 9.30 Å². The van der Waals surface area contributed by atoms with Gasteiger partial charge in [-0.1, -0.05) is 30.3 Å². The Morgan fingerprint density at radius 1 is 1.20 bits per heavy atom. The average molecular weight is 338 g/mol. The molecule has 6 heteroatoms. The monoisotopic (exact) mass is 338 g/mol. The van der Waals surface area contributed by atoms with E-state index in [1.165, 1.54) is 6.07 Å². The third kappa shape index (κ3) is 2.98. The number of benzene rings is 2. The van der Waals surface area contributed by atoms with E-state index in [4.69, 9.17) is 4.74 Å². The molecule has 3 aromatic rings. The molecule has 0 spiro atoms. The standard InChI is InChI=1S/C19H18N2O4/c1-12-8-9-14(10-17(12)21(23)24)11-25-19(22)18-13(2)20(3)16-7-5-4-6-15(16)18/h4-10H,11H2,1-3H3. The smallest absolute Gasteiger partial charge is 0.340 e. The summed E-state index contributed by atoms with van der Waals surface area (Å²) in [5.74, 6) is -0.433. The van der Waals surface area contributed by atoms with Gasteiger partial charge in [0.25, 0.3) is 5.69 Å². The number of aromatic nitrogens is 1. The fraction of sp³-hybridized carbons (Fsp3) is 0.211. The van der Waals surface area contributed by atoms with Gasteiger partial charge >= 0.3 is 5.97 Å². The van der Waals surface area contributed by atoms with Gasteiger partial charge in [0.15, 0.2) is 0 Å². The lowest BCUT2D eigenvalue weighted by Crippen LogP contribution is -2.07. The molecule has 0 radical (unpaired) electrons. The van der Waals surface area contributed by atoms with Gasteiger partial charge in [0.05, 0.1) is 10.5 Å². The van der Waals surface area contributed by atoms with Crippen molar-refractivity contribution in [1.82, 2.24) is 4.57 Å². The van der Waals surface area contributed by atoms with Crippen molar-refractivity contribution < 1.29 is 14.5 Å². The molecule has 0 saturated carbocycles. The summed E-state index contributed by atoms with van der Waals surface area (Å²) in [5, 5.41) is 11.9. The zero-order valence-electron chi connectivity index (χ0n) is 14.3. The summed E-state index contributed by atoms with van der Waals surface area (Å²) in [7, 11) is 1.90. The van der Waals surface area contributed by atoms with E-state index in [9.17, 15) is 14.9 Å². The zero-order valence-corrected chi connectivity index (χ0v) is 14.3. The number of para-hydroxylation sites is 1. The fourth-order valence-electron chi connectivity index (χ4n) is 2.94. The predicted octanol–water partition coefficient (Wildman–Crippen LogP) is 4.06. The van der Waals surface area contributed by atoms with Gasteiger partial charge in [-0.2, -0.15) is 0 Å². The van der Waals surface area contributed by atoms with E-state index in [0.29, 0.717) is 16.7 Å². The van der Waals surface area contributed by atoms with Crippen LogP contribution in [0.2, 0.25) is 0 Å². The number of carbonyl (C=O) groups excluding carboxylic acids is 1. The summed E-state index contributed by atoms with van der Waals surface area (Å²) >= 11 is 0. The second-order valence-corrected chi connectivity index (χ2v) is 5.99. The molecule has 0 N–H and O–H groups in total. The van der Waals surface area contributed by atoms with Gasteiger partial charge in [0.1, 0.15) is 6.61 Å². The highest BCUT2D eigenvalue weighted by atomic mass is 16.6. The maximum Gasteiger partial charge on any atom is 0.340 e. The van der Waals surface area contributed by atoms with Crippen molar-refractivity contribution in [2.75, 3.05) is 0 Å². The van der Waals surface area contributed by atoms with Crippen molar-refractivity contribution in [1.29, 1.82) is 0 Å². The number of aryl methyl sites for hydroxylation is 2. The molecule has 0 bridgehead atoms. The molecule has 0 unspecified atom stereocenters. The maximum atomic E-state index is 12.6. The summed E-state index contributed by atoms with van der Waals surface area (Å²) in [6.45, 7) is 3.53. The van der Waals surface area contributed by atoms with Gasteiger partial charge in [-0.15, -0.1) is 0 Å². The molecule has 0 saturated heterocycles. The summed E-state index contributed by atoms with van der Waals surface area (Å²) in [6.07, 6.45) is 0. The Labute approximate surface area is 144 Å². The first kappa shape index (κ1) is 16.7. The Balaban J connectivity index is 1.86. The third-order valence-electron chi connectivity index (χ3n) is 4.44. The number of esters is 1. The predicted molar refractivity (Wildman–Crippen MR) is 94.6 cm³/mol. The Morgan fingerprint density at radius 2 is 1.92 bits per heavy atom. The van der Waals surface area contributed by atoms with Crippen LogP contribution in [0.4, 0.5) is 5.69 Å². The molecule has 2 aromatic carbocycles. The minimum Gasteiger partial charge on any atom is -0.457 e. The molecular weight excluding hydrogens is 320 g/mol. The summed E-state index contributed by atoms with van der Waals surface area (Å²) < 4.78 is 7.36. The molecule has 0 amide bonds. The van der Waals surface area contributed by atoms with Crippen LogP contribution in [0, 0.1) is 24.0 Å². The second-order valence-electron chi connectivity index (χ2n) is 5.99. The number of ether oxygens (including phenoxy) is 1. The van der Waals surface area contributed by atoms with Crippen LogP contribution >= 0.6 is 0 Å². The zero-order chi connectivity index (χ0) is 18.1. The molecule has 0 aliphatic carbocycles. The largest absolute Gasteiger partial charge is 0.457 e. The third-order valence-corrected chi connectivity index (χ3v) is 4.44. The lowest BCUT2D eigenvalue weighted by Gasteiger charge is -2.06. The highest BCUT2D eigenvalue weighted by Gasteiger charge is 2.20. The van der Waals surface area contributed by atoms with E-state index in [1.807, 2.05) is 42.8 Å². The number of nitro groups is 1. The molecule has 0 fully saturated rings. The number of hydrogen-bond acceptors (Lipinski definition) is 4. The summed E-state index contributed by atoms with van der Waals surface area (Å²) in [6, 6.07) is 12.5. The van der Waals surface area contributed by atoms with Crippen LogP contribution in [0.3, 0.4) is 0 Å². The Hall–Kier alpha value is -3.15. The molecule has 0 atom stereocenters. The molecule has 6 nitrogen and oxygen atoms in total. The number of nitrogens with zero attached hydrogens (tertiary/aromatic N) is 2. The number of nitro benzene ring substituents is 1. The van der Waals surface area contributed by atoms with Gasteiger partial charge in [-0.25, -0.2) is 4.79 Å². The van der Waals surface area contributed by atoms with Crippen molar-refractivity contribution in [3.8, 4) is 0 Å². The van der Waals surface area contributed by atoms with Gasteiger partial charge in [-0.05, 0) is 25.5 Å². The van der Waals surface area contributed by atoms with Gasteiger partial charge in [0.2, 0.25) is 0 Å². The van der Waals surface area contributed by atoms with Crippen LogP contribution in [0.1, 0.15) is 27.2 Å². The first-order valence-corrected chi connectivity index (χ1v) is 7.85. The molecule has 3 rings (SSSR count). The van der Waals surface area contributed by atoms with Crippen LogP contribution in [0.25, 0.3) is 10.9 Å². The van der Waals surface area contributed by atoms with Crippen LogP contribution in [-0.4, -0.2) is 15.5 Å². The number of carbonyl (C=O) groups is 1. The molecule has 0 aliphatic rings. The lowest BCUT2D eigenvalue weighted by molar-refractivity contribution is -0.385. The van der Waals surface area contributed by atoms with Crippen molar-refractivity contribution in [3.05, 3.63) is 75.0 Å². The van der Waals surface area contributed by atoms with Crippen LogP contribution in [0.5, 0.6) is 0 Å². The molecule has 128 valence electrons. The van der Waals surface area contributed by atoms with Crippen molar-refractivity contribution in [2.45, 2.75) is 20.5 Å². The molecule has 25 heavy (non-hydrogen) atoms. The average Bonchev–Trinajstić information content (AvgIpc) is 2.85. The second kappa shape index (κ2) is 6.39. The first-order valence-electron chi connectivity index (χ1n) is 7.85. The Bertz CT molecular complexity index is 988. The SMILES string of the molecule is Cc1ccc(COC(=O)c2c(C)n(C)c3ccccc23)cc1[N+](=O)[O-]. The highest BCUT2D eigenvalue weighted by Crippen LogP contribution is 2.26. The molecule has 1 heterocycles. The van der Waals surface area contributed by atoms with E-state index in [-0.39, 0.29) is 12.3 Å². The van der Waals surface area contributed by atoms with Gasteiger partial charge in [0, 0.05) is 35.3 Å². The topological polar surface area (TPSA) is 74.4 Å².